The van der Waals surface area contributed by atoms with Crippen LogP contribution < -0.4 is 10.5 Å². The van der Waals surface area contributed by atoms with Crippen LogP contribution in [0.5, 0.6) is 5.75 Å². The average Bonchev–Trinajstić information content (AvgIpc) is 2.93. The molecule has 0 bridgehead atoms. The van der Waals surface area contributed by atoms with Crippen LogP contribution in [0.4, 0.5) is 4.39 Å². The van der Waals surface area contributed by atoms with Crippen molar-refractivity contribution >= 4 is 11.9 Å². The number of carbonyl (C=O) groups is 1. The van der Waals surface area contributed by atoms with Gasteiger partial charge in [-0.25, -0.2) is 9.98 Å². The number of aromatic nitrogens is 1. The van der Waals surface area contributed by atoms with Gasteiger partial charge < -0.3 is 15.2 Å². The van der Waals surface area contributed by atoms with Crippen LogP contribution in [0, 0.1) is 5.95 Å². The van der Waals surface area contributed by atoms with E-state index in [1.807, 2.05) is 6.92 Å². The Morgan fingerprint density at radius 1 is 1.34 bits per heavy atom. The summed E-state index contributed by atoms with van der Waals surface area (Å²) in [5.41, 5.74) is 5.41. The maximum atomic E-state index is 14.3. The molecule has 4 heterocycles. The quantitative estimate of drug-likeness (QED) is 0.747. The predicted octanol–water partition coefficient (Wildman–Crippen LogP) is 2.20. The monoisotopic (exact) mass is 396 g/mol. The summed E-state index contributed by atoms with van der Waals surface area (Å²) in [7, 11) is 1.59. The molecule has 1 aromatic heterocycles. The molecule has 1 aromatic carbocycles. The minimum Gasteiger partial charge on any atom is -0.484 e. The van der Waals surface area contributed by atoms with Gasteiger partial charge in [-0.2, -0.15) is 4.39 Å². The van der Waals surface area contributed by atoms with Crippen molar-refractivity contribution in [1.82, 2.24) is 9.88 Å². The highest BCUT2D eigenvalue weighted by Crippen LogP contribution is 2.53. The molecule has 2 aromatic rings. The largest absolute Gasteiger partial charge is 0.484 e. The SMILES string of the molecule is CN1C(=O)[C@]2(N=C1N)c1cc(-c3cccnc3F)ccc1O[C@@]1(C)CCCO[C@H]12. The van der Waals surface area contributed by atoms with Gasteiger partial charge in [0.25, 0.3) is 5.91 Å². The van der Waals surface area contributed by atoms with Crippen molar-refractivity contribution in [3.8, 4) is 16.9 Å². The summed E-state index contributed by atoms with van der Waals surface area (Å²) < 4.78 is 26.7. The smallest absolute Gasteiger partial charge is 0.264 e. The number of halogens is 1. The molecule has 3 aliphatic heterocycles. The number of aliphatic imine (C=N–C) groups is 1. The number of ether oxygens (including phenoxy) is 2. The zero-order valence-electron chi connectivity index (χ0n) is 16.2. The Kier molecular flexibility index (Phi) is 3.73. The fourth-order valence-corrected chi connectivity index (χ4v) is 4.69. The number of hydrogen-bond acceptors (Lipinski definition) is 6. The topological polar surface area (TPSA) is 90.0 Å². The van der Waals surface area contributed by atoms with Gasteiger partial charge in [-0.15, -0.1) is 0 Å². The number of amides is 1. The first-order valence-electron chi connectivity index (χ1n) is 9.56. The Morgan fingerprint density at radius 3 is 2.90 bits per heavy atom. The van der Waals surface area contributed by atoms with Crippen molar-refractivity contribution in [1.29, 1.82) is 0 Å². The molecule has 1 fully saturated rings. The van der Waals surface area contributed by atoms with E-state index < -0.39 is 23.2 Å². The number of guanidine groups is 1. The van der Waals surface area contributed by atoms with E-state index in [0.29, 0.717) is 29.0 Å². The number of likely N-dealkylation sites (N-methyl/N-ethyl adjacent to an activating group) is 1. The Hall–Kier alpha value is -3.00. The highest BCUT2D eigenvalue weighted by atomic mass is 19.1. The number of hydrogen-bond donors (Lipinski definition) is 1. The predicted molar refractivity (Wildman–Crippen MR) is 104 cm³/mol. The van der Waals surface area contributed by atoms with Gasteiger partial charge in [0.15, 0.2) is 5.96 Å². The molecule has 0 unspecified atom stereocenters. The summed E-state index contributed by atoms with van der Waals surface area (Å²) in [6, 6.07) is 8.56. The fraction of sp³-hybridized carbons (Fsp3) is 0.381. The van der Waals surface area contributed by atoms with E-state index in [4.69, 9.17) is 15.2 Å². The van der Waals surface area contributed by atoms with Gasteiger partial charge in [-0.05, 0) is 49.6 Å². The Labute approximate surface area is 167 Å². The van der Waals surface area contributed by atoms with Gasteiger partial charge in [-0.3, -0.25) is 9.69 Å². The molecule has 1 amide bonds. The van der Waals surface area contributed by atoms with Crippen molar-refractivity contribution < 1.29 is 18.7 Å². The number of pyridine rings is 1. The molecule has 3 atom stereocenters. The van der Waals surface area contributed by atoms with Crippen molar-refractivity contribution in [2.45, 2.75) is 37.0 Å². The molecule has 1 spiro atoms. The molecular formula is C21H21FN4O3. The zero-order valence-corrected chi connectivity index (χ0v) is 16.2. The second-order valence-corrected chi connectivity index (χ2v) is 7.92. The molecule has 5 rings (SSSR count). The molecule has 0 saturated carbocycles. The van der Waals surface area contributed by atoms with E-state index in [0.717, 1.165) is 12.8 Å². The third-order valence-corrected chi connectivity index (χ3v) is 6.10. The number of rotatable bonds is 1. The van der Waals surface area contributed by atoms with Gasteiger partial charge in [0, 0.05) is 31.0 Å². The lowest BCUT2D eigenvalue weighted by Crippen LogP contribution is -2.64. The second-order valence-electron chi connectivity index (χ2n) is 7.92. The van der Waals surface area contributed by atoms with Gasteiger partial charge in [0.1, 0.15) is 17.5 Å². The lowest BCUT2D eigenvalue weighted by molar-refractivity contribution is -0.175. The standard InChI is InChI=1S/C21H21FN4O3/c1-20-8-4-10-28-17(20)21(18(27)26(2)19(23)25-21)14-11-12(6-7-15(14)29-20)13-5-3-9-24-16(13)22/h3,5-7,9,11,17H,4,8,10H2,1-2H3,(H2,23,25)/t17-,20+,21+/m1/s1. The zero-order chi connectivity index (χ0) is 20.4. The number of carbonyl (C=O) groups excluding carboxylic acids is 1. The maximum absolute atomic E-state index is 14.3. The van der Waals surface area contributed by atoms with E-state index in [1.54, 1.807) is 37.4 Å². The third kappa shape index (κ3) is 2.35. The van der Waals surface area contributed by atoms with E-state index in [1.165, 1.54) is 11.1 Å². The molecule has 0 radical (unpaired) electrons. The normalized spacial score (nSPS) is 30.6. The number of nitrogens with two attached hydrogens (primary N) is 1. The number of fused-ring (bicyclic) bond motifs is 4. The molecule has 29 heavy (non-hydrogen) atoms. The van der Waals surface area contributed by atoms with Crippen LogP contribution in [0.1, 0.15) is 25.3 Å². The van der Waals surface area contributed by atoms with Gasteiger partial charge in [-0.1, -0.05) is 6.07 Å². The van der Waals surface area contributed by atoms with E-state index in [9.17, 15) is 9.18 Å². The Morgan fingerprint density at radius 2 is 2.17 bits per heavy atom. The maximum Gasteiger partial charge on any atom is 0.264 e. The van der Waals surface area contributed by atoms with Crippen LogP contribution in [0.15, 0.2) is 41.5 Å². The van der Waals surface area contributed by atoms with Gasteiger partial charge in [0.2, 0.25) is 11.5 Å². The van der Waals surface area contributed by atoms with Gasteiger partial charge in [0.05, 0.1) is 0 Å². The van der Waals surface area contributed by atoms with Crippen LogP contribution in [0.2, 0.25) is 0 Å². The van der Waals surface area contributed by atoms with Crippen LogP contribution in [0.3, 0.4) is 0 Å². The molecule has 7 nitrogen and oxygen atoms in total. The van der Waals surface area contributed by atoms with Crippen LogP contribution in [-0.4, -0.2) is 47.1 Å². The van der Waals surface area contributed by atoms with Gasteiger partial charge >= 0.3 is 0 Å². The highest BCUT2D eigenvalue weighted by molar-refractivity contribution is 6.08. The van der Waals surface area contributed by atoms with E-state index >= 15 is 0 Å². The van der Waals surface area contributed by atoms with Crippen molar-refractivity contribution in [2.24, 2.45) is 10.7 Å². The van der Waals surface area contributed by atoms with Crippen LogP contribution in [-0.2, 0) is 15.1 Å². The Balaban J connectivity index is 1.77. The highest BCUT2D eigenvalue weighted by Gasteiger charge is 2.65. The van der Waals surface area contributed by atoms with Crippen LogP contribution in [0.25, 0.3) is 11.1 Å². The summed E-state index contributed by atoms with van der Waals surface area (Å²) in [5, 5.41) is 0. The summed E-state index contributed by atoms with van der Waals surface area (Å²) in [6.07, 6.45) is 2.30. The summed E-state index contributed by atoms with van der Waals surface area (Å²) >= 11 is 0. The summed E-state index contributed by atoms with van der Waals surface area (Å²) in [5.74, 6) is -0.212. The molecule has 150 valence electrons. The first-order chi connectivity index (χ1) is 13.9. The molecular weight excluding hydrogens is 375 g/mol. The van der Waals surface area contributed by atoms with Crippen molar-refractivity contribution in [3.05, 3.63) is 48.0 Å². The van der Waals surface area contributed by atoms with E-state index in [-0.39, 0.29) is 11.9 Å². The molecule has 8 heteroatoms. The summed E-state index contributed by atoms with van der Waals surface area (Å²) in [6.45, 7) is 2.44. The minimum atomic E-state index is -1.36. The first kappa shape index (κ1) is 18.1. The lowest BCUT2D eigenvalue weighted by Gasteiger charge is -2.51. The number of nitrogens with zero attached hydrogens (tertiary/aromatic N) is 3. The molecule has 0 aliphatic carbocycles. The summed E-state index contributed by atoms with van der Waals surface area (Å²) in [4.78, 5) is 23.2. The van der Waals surface area contributed by atoms with Crippen molar-refractivity contribution in [3.63, 3.8) is 0 Å². The fourth-order valence-electron chi connectivity index (χ4n) is 4.69. The average molecular weight is 396 g/mol. The number of benzene rings is 1. The van der Waals surface area contributed by atoms with E-state index in [2.05, 4.69) is 9.98 Å². The third-order valence-electron chi connectivity index (χ3n) is 6.10. The van der Waals surface area contributed by atoms with Crippen molar-refractivity contribution in [2.75, 3.05) is 13.7 Å². The second kappa shape index (κ2) is 6.00. The Bertz CT molecular complexity index is 1060. The lowest BCUT2D eigenvalue weighted by atomic mass is 9.71. The molecule has 3 aliphatic rings. The molecule has 1 saturated heterocycles. The molecule has 2 N–H and O–H groups in total. The van der Waals surface area contributed by atoms with Crippen LogP contribution >= 0.6 is 0 Å². The first-order valence-corrected chi connectivity index (χ1v) is 9.56. The minimum absolute atomic E-state index is 0.123.